The molecule has 4 aromatic heterocycles. The van der Waals surface area contributed by atoms with E-state index < -0.39 is 0 Å². The first-order valence-corrected chi connectivity index (χ1v) is 12.8. The second-order valence-corrected chi connectivity index (χ2v) is 9.83. The predicted octanol–water partition coefficient (Wildman–Crippen LogP) is 5.48. The first-order chi connectivity index (χ1) is 18.5. The third kappa shape index (κ3) is 4.90. The van der Waals surface area contributed by atoms with Gasteiger partial charge >= 0.3 is 5.97 Å². The van der Waals surface area contributed by atoms with Crippen LogP contribution in [0, 0.1) is 6.92 Å². The Morgan fingerprint density at radius 2 is 1.76 bits per heavy atom. The van der Waals surface area contributed by atoms with Crippen LogP contribution < -0.4 is 5.73 Å². The molecule has 0 bridgehead atoms. The summed E-state index contributed by atoms with van der Waals surface area (Å²) in [6.45, 7) is 1.97. The number of fused-ring (bicyclic) bond motifs is 1. The molecule has 0 amide bonds. The average molecular weight is 505 g/mol. The number of hydrogen-bond donors (Lipinski definition) is 2. The predicted molar refractivity (Wildman–Crippen MR) is 146 cm³/mol. The number of carbonyl (C=O) groups excluding carboxylic acids is 1. The highest BCUT2D eigenvalue weighted by Gasteiger charge is 2.22. The number of ether oxygens (including phenoxy) is 1. The molecule has 0 atom stereocenters. The van der Waals surface area contributed by atoms with Crippen LogP contribution >= 0.6 is 0 Å². The number of nitrogens with zero attached hydrogens (tertiary/aromatic N) is 4. The van der Waals surface area contributed by atoms with Crippen molar-refractivity contribution in [1.29, 1.82) is 0 Å². The van der Waals surface area contributed by atoms with Gasteiger partial charge in [-0.3, -0.25) is 20.1 Å². The van der Waals surface area contributed by atoms with Gasteiger partial charge in [0, 0.05) is 40.6 Å². The van der Waals surface area contributed by atoms with Crippen molar-refractivity contribution >= 4 is 16.9 Å². The number of pyridine rings is 3. The molecule has 1 aromatic carbocycles. The maximum atomic E-state index is 12.6. The lowest BCUT2D eigenvalue weighted by Gasteiger charge is -2.25. The van der Waals surface area contributed by atoms with Crippen LogP contribution in [0.25, 0.3) is 44.7 Å². The van der Waals surface area contributed by atoms with E-state index in [9.17, 15) is 4.79 Å². The first-order valence-electron chi connectivity index (χ1n) is 12.8. The van der Waals surface area contributed by atoms with Gasteiger partial charge in [0.2, 0.25) is 0 Å². The van der Waals surface area contributed by atoms with E-state index in [1.54, 1.807) is 18.5 Å². The molecule has 5 aromatic rings. The van der Waals surface area contributed by atoms with Crippen molar-refractivity contribution in [2.24, 2.45) is 5.73 Å². The number of aromatic amines is 1. The highest BCUT2D eigenvalue weighted by atomic mass is 16.5. The van der Waals surface area contributed by atoms with Gasteiger partial charge in [0.15, 0.2) is 0 Å². The Labute approximate surface area is 220 Å². The molecule has 1 saturated carbocycles. The second kappa shape index (κ2) is 10.1. The summed E-state index contributed by atoms with van der Waals surface area (Å²) in [6, 6.07) is 17.9. The van der Waals surface area contributed by atoms with Crippen LogP contribution in [0.3, 0.4) is 0 Å². The lowest BCUT2D eigenvalue weighted by atomic mass is 9.94. The minimum atomic E-state index is -0.343. The lowest BCUT2D eigenvalue weighted by Crippen LogP contribution is -2.31. The molecule has 0 saturated heterocycles. The molecule has 0 unspecified atom stereocenters. The van der Waals surface area contributed by atoms with Crippen molar-refractivity contribution in [3.63, 3.8) is 0 Å². The molecule has 0 radical (unpaired) electrons. The van der Waals surface area contributed by atoms with Gasteiger partial charge in [-0.2, -0.15) is 5.10 Å². The van der Waals surface area contributed by atoms with Gasteiger partial charge in [-0.1, -0.05) is 12.1 Å². The molecule has 1 aliphatic carbocycles. The fraction of sp³-hybridized carbons (Fsp3) is 0.233. The zero-order valence-corrected chi connectivity index (χ0v) is 21.1. The summed E-state index contributed by atoms with van der Waals surface area (Å²) in [5.74, 6) is -0.343. The van der Waals surface area contributed by atoms with E-state index in [2.05, 4.69) is 37.3 Å². The van der Waals surface area contributed by atoms with Gasteiger partial charge in [-0.05, 0) is 80.6 Å². The number of benzene rings is 1. The zero-order chi connectivity index (χ0) is 26.1. The topological polar surface area (TPSA) is 120 Å². The van der Waals surface area contributed by atoms with Crippen molar-refractivity contribution in [2.75, 3.05) is 0 Å². The maximum absolute atomic E-state index is 12.6. The lowest BCUT2D eigenvalue weighted by molar-refractivity contribution is 0.0196. The Morgan fingerprint density at radius 1 is 0.921 bits per heavy atom. The fourth-order valence-corrected chi connectivity index (χ4v) is 4.93. The Morgan fingerprint density at radius 3 is 2.55 bits per heavy atom. The zero-order valence-electron chi connectivity index (χ0n) is 21.1. The normalized spacial score (nSPS) is 17.4. The molecule has 0 spiro atoms. The van der Waals surface area contributed by atoms with Gasteiger partial charge in [0.25, 0.3) is 0 Å². The molecule has 8 heteroatoms. The number of aromatic nitrogens is 5. The SMILES string of the molecule is Cc1cccc(-c2[nH]ncc2-c2ccc3ncc(-c4ccc(C(=O)OC5CCC(N)CC5)cn4)cc3c2)n1. The number of esters is 1. The number of H-pyrrole nitrogens is 1. The van der Waals surface area contributed by atoms with Gasteiger partial charge < -0.3 is 10.5 Å². The van der Waals surface area contributed by atoms with Crippen molar-refractivity contribution in [3.8, 4) is 33.8 Å². The van der Waals surface area contributed by atoms with Gasteiger partial charge in [-0.15, -0.1) is 0 Å². The quantitative estimate of drug-likeness (QED) is 0.304. The first kappa shape index (κ1) is 23.9. The molecule has 1 aliphatic rings. The van der Waals surface area contributed by atoms with E-state index in [4.69, 9.17) is 10.5 Å². The molecule has 4 heterocycles. The summed E-state index contributed by atoms with van der Waals surface area (Å²) in [5.41, 5.74) is 13.5. The summed E-state index contributed by atoms with van der Waals surface area (Å²) in [7, 11) is 0. The highest BCUT2D eigenvalue weighted by molar-refractivity contribution is 5.91. The number of rotatable bonds is 5. The number of carbonyl (C=O) groups is 1. The van der Waals surface area contributed by atoms with Crippen LogP contribution in [0.5, 0.6) is 0 Å². The van der Waals surface area contributed by atoms with Crippen LogP contribution in [-0.2, 0) is 4.74 Å². The summed E-state index contributed by atoms with van der Waals surface area (Å²) < 4.78 is 5.67. The molecule has 8 nitrogen and oxygen atoms in total. The molecule has 190 valence electrons. The molecule has 3 N–H and O–H groups in total. The minimum Gasteiger partial charge on any atom is -0.459 e. The number of nitrogens with two attached hydrogens (primary N) is 1. The molecular weight excluding hydrogens is 476 g/mol. The molecule has 1 fully saturated rings. The van der Waals surface area contributed by atoms with Crippen molar-refractivity contribution in [1.82, 2.24) is 25.1 Å². The van der Waals surface area contributed by atoms with Crippen molar-refractivity contribution in [3.05, 3.63) is 84.4 Å². The monoisotopic (exact) mass is 504 g/mol. The van der Waals surface area contributed by atoms with E-state index in [0.717, 1.165) is 76.1 Å². The Hall–Kier alpha value is -4.43. The molecular formula is C30H28N6O2. The van der Waals surface area contributed by atoms with Crippen molar-refractivity contribution < 1.29 is 9.53 Å². The number of nitrogens with one attached hydrogen (secondary N) is 1. The van der Waals surface area contributed by atoms with E-state index >= 15 is 0 Å². The van der Waals surface area contributed by atoms with Crippen LogP contribution in [0.1, 0.15) is 41.7 Å². The standard InChI is InChI=1S/C30H28N6O2/c1-18-3-2-4-28(35-18)29-25(17-34-36-29)19-5-11-26-21(13-19)14-22(16-33-26)27-12-6-20(15-32-27)30(37)38-24-9-7-23(31)8-10-24/h2-6,11-17,23-24H,7-10,31H2,1H3,(H,34,36). The van der Waals surface area contributed by atoms with Crippen molar-refractivity contribution in [2.45, 2.75) is 44.8 Å². The summed E-state index contributed by atoms with van der Waals surface area (Å²) in [5, 5.41) is 8.35. The Balaban J connectivity index is 1.24. The van der Waals surface area contributed by atoms with Crippen LogP contribution in [0.15, 0.2) is 73.2 Å². The van der Waals surface area contributed by atoms with E-state index in [1.807, 2.05) is 49.5 Å². The molecule has 0 aliphatic heterocycles. The van der Waals surface area contributed by atoms with E-state index in [0.29, 0.717) is 5.56 Å². The number of hydrogen-bond acceptors (Lipinski definition) is 7. The Bertz CT molecular complexity index is 1600. The molecule has 6 rings (SSSR count). The third-order valence-electron chi connectivity index (χ3n) is 7.06. The van der Waals surface area contributed by atoms with E-state index in [-0.39, 0.29) is 18.1 Å². The van der Waals surface area contributed by atoms with Crippen LogP contribution in [-0.4, -0.2) is 43.3 Å². The molecule has 38 heavy (non-hydrogen) atoms. The maximum Gasteiger partial charge on any atom is 0.339 e. The summed E-state index contributed by atoms with van der Waals surface area (Å²) in [6.07, 6.45) is 8.51. The smallest absolute Gasteiger partial charge is 0.339 e. The largest absolute Gasteiger partial charge is 0.459 e. The van der Waals surface area contributed by atoms with Crippen LogP contribution in [0.2, 0.25) is 0 Å². The Kier molecular flexibility index (Phi) is 6.39. The average Bonchev–Trinajstić information content (AvgIpc) is 3.44. The summed E-state index contributed by atoms with van der Waals surface area (Å²) >= 11 is 0. The van der Waals surface area contributed by atoms with E-state index in [1.165, 1.54) is 0 Å². The van der Waals surface area contributed by atoms with Gasteiger partial charge in [0.05, 0.1) is 34.4 Å². The van der Waals surface area contributed by atoms with Gasteiger partial charge in [-0.25, -0.2) is 4.79 Å². The second-order valence-electron chi connectivity index (χ2n) is 9.83. The van der Waals surface area contributed by atoms with Gasteiger partial charge in [0.1, 0.15) is 6.10 Å². The van der Waals surface area contributed by atoms with Crippen LogP contribution in [0.4, 0.5) is 0 Å². The minimum absolute atomic E-state index is 0.0710. The fourth-order valence-electron chi connectivity index (χ4n) is 4.93. The number of aryl methyl sites for hydroxylation is 1. The third-order valence-corrected chi connectivity index (χ3v) is 7.06. The highest BCUT2D eigenvalue weighted by Crippen LogP contribution is 2.32. The summed E-state index contributed by atoms with van der Waals surface area (Å²) in [4.78, 5) is 26.4.